The first-order valence-corrected chi connectivity index (χ1v) is 6.89. The van der Waals surface area contributed by atoms with Gasteiger partial charge in [-0.15, -0.1) is 0 Å². The molecule has 0 radical (unpaired) electrons. The van der Waals surface area contributed by atoms with Crippen LogP contribution in [-0.4, -0.2) is 30.4 Å². The molecule has 1 aromatic heterocycles. The van der Waals surface area contributed by atoms with E-state index < -0.39 is 17.4 Å². The maximum atomic E-state index is 12.0. The van der Waals surface area contributed by atoms with Crippen molar-refractivity contribution in [2.24, 2.45) is 0 Å². The lowest BCUT2D eigenvalue weighted by molar-refractivity contribution is -0.115. The molecule has 6 nitrogen and oxygen atoms in total. The molecule has 0 saturated heterocycles. The second kappa shape index (κ2) is 7.61. The van der Waals surface area contributed by atoms with Crippen molar-refractivity contribution in [3.63, 3.8) is 0 Å². The quantitative estimate of drug-likeness (QED) is 0.722. The Morgan fingerprint density at radius 1 is 1.13 bits per heavy atom. The summed E-state index contributed by atoms with van der Waals surface area (Å²) in [6.45, 7) is -0.0217. The molecule has 116 valence electrons. The van der Waals surface area contributed by atoms with Crippen molar-refractivity contribution in [3.8, 4) is 23.1 Å². The van der Waals surface area contributed by atoms with E-state index in [1.54, 1.807) is 6.07 Å². The Morgan fingerprint density at radius 2 is 1.87 bits per heavy atom. The van der Waals surface area contributed by atoms with Gasteiger partial charge in [-0.05, 0) is 23.6 Å². The number of pyridine rings is 1. The average molecular weight is 309 g/mol. The SMILES string of the molecule is CNC(=O)C#CCNC(=O)c1ccc(-c2ccccc2)[nH]c1=O. The van der Waals surface area contributed by atoms with Crippen LogP contribution in [0.4, 0.5) is 0 Å². The van der Waals surface area contributed by atoms with Gasteiger partial charge < -0.3 is 15.6 Å². The highest BCUT2D eigenvalue weighted by Crippen LogP contribution is 2.14. The summed E-state index contributed by atoms with van der Waals surface area (Å²) in [5.74, 6) is 3.79. The van der Waals surface area contributed by atoms with Crippen molar-refractivity contribution >= 4 is 11.8 Å². The van der Waals surface area contributed by atoms with Crippen molar-refractivity contribution < 1.29 is 9.59 Å². The monoisotopic (exact) mass is 309 g/mol. The molecule has 0 spiro atoms. The number of hydrogen-bond donors (Lipinski definition) is 3. The van der Waals surface area contributed by atoms with E-state index in [1.807, 2.05) is 30.3 Å². The van der Waals surface area contributed by atoms with Crippen LogP contribution in [0.15, 0.2) is 47.3 Å². The molecule has 2 aromatic rings. The largest absolute Gasteiger partial charge is 0.348 e. The lowest BCUT2D eigenvalue weighted by atomic mass is 10.1. The van der Waals surface area contributed by atoms with Crippen LogP contribution in [-0.2, 0) is 4.79 Å². The fourth-order valence-corrected chi connectivity index (χ4v) is 1.85. The third kappa shape index (κ3) is 4.32. The molecule has 0 saturated carbocycles. The highest BCUT2D eigenvalue weighted by atomic mass is 16.2. The van der Waals surface area contributed by atoms with Crippen LogP contribution in [0.1, 0.15) is 10.4 Å². The van der Waals surface area contributed by atoms with Crippen LogP contribution >= 0.6 is 0 Å². The maximum Gasteiger partial charge on any atom is 0.295 e. The van der Waals surface area contributed by atoms with Gasteiger partial charge in [-0.1, -0.05) is 36.3 Å². The first-order chi connectivity index (χ1) is 11.1. The molecule has 2 amide bonds. The molecule has 1 heterocycles. The predicted octanol–water partition coefficient (Wildman–Crippen LogP) is 0.521. The number of amides is 2. The molecule has 0 bridgehead atoms. The number of nitrogens with one attached hydrogen (secondary N) is 3. The lowest BCUT2D eigenvalue weighted by Crippen LogP contribution is -2.30. The van der Waals surface area contributed by atoms with Gasteiger partial charge in [-0.2, -0.15) is 0 Å². The number of aromatic amines is 1. The molecule has 0 aliphatic carbocycles. The second-order valence-corrected chi connectivity index (χ2v) is 4.54. The molecule has 0 atom stereocenters. The molecule has 0 unspecified atom stereocenters. The van der Waals surface area contributed by atoms with Crippen molar-refractivity contribution in [2.45, 2.75) is 0 Å². The Morgan fingerprint density at radius 3 is 2.52 bits per heavy atom. The van der Waals surface area contributed by atoms with Crippen LogP contribution in [0.5, 0.6) is 0 Å². The summed E-state index contributed by atoms with van der Waals surface area (Å²) in [6, 6.07) is 12.4. The number of rotatable bonds is 3. The maximum absolute atomic E-state index is 12.0. The summed E-state index contributed by atoms with van der Waals surface area (Å²) >= 11 is 0. The number of benzene rings is 1. The molecule has 0 aliphatic heterocycles. The van der Waals surface area contributed by atoms with Gasteiger partial charge in [-0.25, -0.2) is 0 Å². The number of aromatic nitrogens is 1. The van der Waals surface area contributed by atoms with Gasteiger partial charge in [0.15, 0.2) is 0 Å². The van der Waals surface area contributed by atoms with Gasteiger partial charge in [0.05, 0.1) is 6.54 Å². The van der Waals surface area contributed by atoms with E-state index in [-0.39, 0.29) is 12.1 Å². The topological polar surface area (TPSA) is 91.1 Å². The summed E-state index contributed by atoms with van der Waals surface area (Å²) < 4.78 is 0. The van der Waals surface area contributed by atoms with E-state index in [1.165, 1.54) is 13.1 Å². The van der Waals surface area contributed by atoms with Crippen LogP contribution in [0, 0.1) is 11.8 Å². The van der Waals surface area contributed by atoms with Gasteiger partial charge in [0.2, 0.25) is 0 Å². The molecule has 0 fully saturated rings. The minimum atomic E-state index is -0.544. The molecular weight excluding hydrogens is 294 g/mol. The minimum Gasteiger partial charge on any atom is -0.348 e. The molecular formula is C17H15N3O3. The highest BCUT2D eigenvalue weighted by Gasteiger charge is 2.10. The van der Waals surface area contributed by atoms with Gasteiger partial charge in [0.25, 0.3) is 17.4 Å². The van der Waals surface area contributed by atoms with Crippen LogP contribution in [0.2, 0.25) is 0 Å². The first-order valence-electron chi connectivity index (χ1n) is 6.89. The molecule has 3 N–H and O–H groups in total. The van der Waals surface area contributed by atoms with E-state index in [9.17, 15) is 14.4 Å². The smallest absolute Gasteiger partial charge is 0.295 e. The van der Waals surface area contributed by atoms with E-state index in [0.717, 1.165) is 5.56 Å². The summed E-state index contributed by atoms with van der Waals surface area (Å²) in [6.07, 6.45) is 0. The molecule has 2 rings (SSSR count). The fraction of sp³-hybridized carbons (Fsp3) is 0.118. The molecule has 0 aliphatic rings. The first kappa shape index (κ1) is 16.0. The summed E-state index contributed by atoms with van der Waals surface area (Å²) in [7, 11) is 1.46. The van der Waals surface area contributed by atoms with E-state index in [2.05, 4.69) is 27.5 Å². The van der Waals surface area contributed by atoms with Crippen molar-refractivity contribution in [1.29, 1.82) is 0 Å². The average Bonchev–Trinajstić information content (AvgIpc) is 2.58. The number of H-pyrrole nitrogens is 1. The Kier molecular flexibility index (Phi) is 5.31. The number of hydrogen-bond acceptors (Lipinski definition) is 3. The van der Waals surface area contributed by atoms with Gasteiger partial charge in [0.1, 0.15) is 5.56 Å². The third-order valence-corrected chi connectivity index (χ3v) is 3.01. The third-order valence-electron chi connectivity index (χ3n) is 3.01. The number of carbonyl (C=O) groups is 2. The van der Waals surface area contributed by atoms with Crippen LogP contribution in [0.25, 0.3) is 11.3 Å². The van der Waals surface area contributed by atoms with E-state index in [4.69, 9.17) is 0 Å². The highest BCUT2D eigenvalue weighted by molar-refractivity contribution is 5.95. The minimum absolute atomic E-state index is 0.00794. The fourth-order valence-electron chi connectivity index (χ4n) is 1.85. The van der Waals surface area contributed by atoms with Crippen molar-refractivity contribution in [3.05, 3.63) is 58.4 Å². The second-order valence-electron chi connectivity index (χ2n) is 4.54. The molecule has 1 aromatic carbocycles. The van der Waals surface area contributed by atoms with Gasteiger partial charge >= 0.3 is 0 Å². The summed E-state index contributed by atoms with van der Waals surface area (Å²) in [5.41, 5.74) is 0.995. The zero-order chi connectivity index (χ0) is 16.7. The Balaban J connectivity index is 2.08. The molecule has 6 heteroatoms. The van der Waals surface area contributed by atoms with Crippen LogP contribution < -0.4 is 16.2 Å². The zero-order valence-corrected chi connectivity index (χ0v) is 12.5. The van der Waals surface area contributed by atoms with Crippen LogP contribution in [0.3, 0.4) is 0 Å². The standard InChI is InChI=1S/C17H15N3O3/c1-18-15(21)8-5-11-19-16(22)13-9-10-14(20-17(13)23)12-6-3-2-4-7-12/h2-4,6-7,9-10H,11H2,1H3,(H,18,21)(H,19,22)(H,20,23). The normalized spacial score (nSPS) is 9.43. The van der Waals surface area contributed by atoms with Crippen molar-refractivity contribution in [2.75, 3.05) is 13.6 Å². The molecule has 23 heavy (non-hydrogen) atoms. The lowest BCUT2D eigenvalue weighted by Gasteiger charge is -2.04. The Bertz CT molecular complexity index is 829. The number of carbonyl (C=O) groups excluding carboxylic acids is 2. The van der Waals surface area contributed by atoms with Crippen molar-refractivity contribution in [1.82, 2.24) is 15.6 Å². The zero-order valence-electron chi connectivity index (χ0n) is 12.5. The van der Waals surface area contributed by atoms with E-state index in [0.29, 0.717) is 5.69 Å². The van der Waals surface area contributed by atoms with E-state index >= 15 is 0 Å². The Labute approximate surface area is 132 Å². The van der Waals surface area contributed by atoms with Gasteiger partial charge in [0, 0.05) is 12.7 Å². The van der Waals surface area contributed by atoms with Gasteiger partial charge in [-0.3, -0.25) is 14.4 Å². The summed E-state index contributed by atoms with van der Waals surface area (Å²) in [5, 5.41) is 4.80. The predicted molar refractivity (Wildman–Crippen MR) is 86.7 cm³/mol. The Hall–Kier alpha value is -3.33. The summed E-state index contributed by atoms with van der Waals surface area (Å²) in [4.78, 5) is 37.5.